The lowest BCUT2D eigenvalue weighted by molar-refractivity contribution is -0.137. The predicted molar refractivity (Wildman–Crippen MR) is 72.6 cm³/mol. The summed E-state index contributed by atoms with van der Waals surface area (Å²) in [7, 11) is 0. The molecule has 112 valence electrons. The van der Waals surface area contributed by atoms with E-state index in [4.69, 9.17) is 0 Å². The first-order chi connectivity index (χ1) is 9.47. The molecule has 1 atom stereocenters. The van der Waals surface area contributed by atoms with Gasteiger partial charge in [-0.1, -0.05) is 6.42 Å². The van der Waals surface area contributed by atoms with Crippen molar-refractivity contribution >= 4 is 5.82 Å². The second-order valence-electron chi connectivity index (χ2n) is 5.25. The average Bonchev–Trinajstić information content (AvgIpc) is 2.45. The molecule has 1 aromatic heterocycles. The lowest BCUT2D eigenvalue weighted by Crippen LogP contribution is -2.41. The molecule has 3 nitrogen and oxygen atoms in total. The van der Waals surface area contributed by atoms with Gasteiger partial charge in [0.25, 0.3) is 0 Å². The van der Waals surface area contributed by atoms with Gasteiger partial charge in [-0.25, -0.2) is 4.98 Å². The Morgan fingerprint density at radius 3 is 2.65 bits per heavy atom. The van der Waals surface area contributed by atoms with E-state index in [-0.39, 0.29) is 5.82 Å². The molecule has 1 aliphatic heterocycles. The van der Waals surface area contributed by atoms with Crippen LogP contribution in [-0.2, 0) is 6.18 Å². The fourth-order valence-corrected chi connectivity index (χ4v) is 2.44. The van der Waals surface area contributed by atoms with E-state index in [1.54, 1.807) is 0 Å². The number of pyridine rings is 1. The highest BCUT2D eigenvalue weighted by molar-refractivity contribution is 5.38. The lowest BCUT2D eigenvalue weighted by atomic mass is 10.1. The minimum Gasteiger partial charge on any atom is -0.369 e. The summed E-state index contributed by atoms with van der Waals surface area (Å²) < 4.78 is 37.8. The first kappa shape index (κ1) is 15.1. The lowest BCUT2D eigenvalue weighted by Gasteiger charge is -2.32. The van der Waals surface area contributed by atoms with Crippen LogP contribution < -0.4 is 5.32 Å². The van der Waals surface area contributed by atoms with E-state index in [1.165, 1.54) is 25.5 Å². The van der Waals surface area contributed by atoms with Crippen molar-refractivity contribution in [2.75, 3.05) is 25.0 Å². The molecule has 1 N–H and O–H groups in total. The van der Waals surface area contributed by atoms with Crippen molar-refractivity contribution in [3.8, 4) is 0 Å². The molecule has 0 saturated carbocycles. The third-order valence-electron chi connectivity index (χ3n) is 3.68. The number of nitrogens with zero attached hydrogens (tertiary/aromatic N) is 2. The molecular formula is C14H20F3N3. The number of hydrogen-bond acceptors (Lipinski definition) is 3. The molecule has 2 heterocycles. The Balaban J connectivity index is 1.90. The van der Waals surface area contributed by atoms with Gasteiger partial charge in [0, 0.05) is 18.8 Å². The van der Waals surface area contributed by atoms with Crippen LogP contribution in [0.5, 0.6) is 0 Å². The minimum absolute atomic E-state index is 0.281. The van der Waals surface area contributed by atoms with Gasteiger partial charge in [-0.2, -0.15) is 13.2 Å². The zero-order valence-electron chi connectivity index (χ0n) is 11.6. The summed E-state index contributed by atoms with van der Waals surface area (Å²) >= 11 is 0. The van der Waals surface area contributed by atoms with Crippen LogP contribution in [-0.4, -0.2) is 35.6 Å². The number of likely N-dealkylation sites (tertiary alicyclic amines) is 1. The van der Waals surface area contributed by atoms with Crippen molar-refractivity contribution in [1.29, 1.82) is 0 Å². The van der Waals surface area contributed by atoms with Gasteiger partial charge in [0.05, 0.1) is 5.56 Å². The third kappa shape index (κ3) is 4.10. The van der Waals surface area contributed by atoms with Crippen LogP contribution in [0, 0.1) is 0 Å². The Morgan fingerprint density at radius 2 is 2.00 bits per heavy atom. The van der Waals surface area contributed by atoms with Crippen LogP contribution in [0.1, 0.15) is 31.7 Å². The van der Waals surface area contributed by atoms with Crippen LogP contribution in [0.4, 0.5) is 19.0 Å². The van der Waals surface area contributed by atoms with E-state index < -0.39 is 11.7 Å². The topological polar surface area (TPSA) is 28.2 Å². The molecule has 0 spiro atoms. The highest BCUT2D eigenvalue weighted by Gasteiger charge is 2.30. The number of aromatic nitrogens is 1. The molecule has 0 amide bonds. The van der Waals surface area contributed by atoms with Gasteiger partial charge >= 0.3 is 6.18 Å². The molecule has 1 aliphatic rings. The number of rotatable bonds is 4. The predicted octanol–water partition coefficient (Wildman–Crippen LogP) is 3.39. The second kappa shape index (κ2) is 6.43. The van der Waals surface area contributed by atoms with Crippen LogP contribution in [0.25, 0.3) is 0 Å². The van der Waals surface area contributed by atoms with E-state index in [9.17, 15) is 13.2 Å². The molecule has 1 fully saturated rings. The summed E-state index contributed by atoms with van der Waals surface area (Å²) in [6.07, 6.45) is 0.540. The van der Waals surface area contributed by atoms with Gasteiger partial charge in [0.15, 0.2) is 0 Å². The van der Waals surface area contributed by atoms with E-state index in [1.807, 2.05) is 0 Å². The Bertz CT molecular complexity index is 428. The Hall–Kier alpha value is -1.30. The molecule has 0 radical (unpaired) electrons. The summed E-state index contributed by atoms with van der Waals surface area (Å²) in [5.41, 5.74) is -0.666. The molecule has 2 rings (SSSR count). The molecule has 0 aromatic carbocycles. The van der Waals surface area contributed by atoms with Gasteiger partial charge in [0.2, 0.25) is 0 Å². The monoisotopic (exact) mass is 287 g/mol. The highest BCUT2D eigenvalue weighted by Crippen LogP contribution is 2.29. The molecule has 1 unspecified atom stereocenters. The van der Waals surface area contributed by atoms with Gasteiger partial charge < -0.3 is 5.32 Å². The van der Waals surface area contributed by atoms with E-state index >= 15 is 0 Å². The molecule has 6 heteroatoms. The first-order valence-corrected chi connectivity index (χ1v) is 6.98. The summed E-state index contributed by atoms with van der Waals surface area (Å²) in [5.74, 6) is 0.281. The number of alkyl halides is 3. The first-order valence-electron chi connectivity index (χ1n) is 6.98. The second-order valence-corrected chi connectivity index (χ2v) is 5.25. The van der Waals surface area contributed by atoms with E-state index in [0.29, 0.717) is 12.6 Å². The Kier molecular flexibility index (Phi) is 4.86. The summed E-state index contributed by atoms with van der Waals surface area (Å²) in [4.78, 5) is 6.31. The van der Waals surface area contributed by atoms with Crippen molar-refractivity contribution in [2.24, 2.45) is 0 Å². The van der Waals surface area contributed by atoms with Gasteiger partial charge in [-0.15, -0.1) is 0 Å². The van der Waals surface area contributed by atoms with Crippen LogP contribution in [0.3, 0.4) is 0 Å². The SMILES string of the molecule is CC(CNc1cc(C(F)(F)F)ccn1)N1CCCCC1. The van der Waals surface area contributed by atoms with Gasteiger partial charge in [-0.3, -0.25) is 4.90 Å². The largest absolute Gasteiger partial charge is 0.416 e. The number of piperidine rings is 1. The fraction of sp³-hybridized carbons (Fsp3) is 0.643. The number of halogens is 3. The Labute approximate surface area is 117 Å². The van der Waals surface area contributed by atoms with E-state index in [0.717, 1.165) is 25.2 Å². The van der Waals surface area contributed by atoms with Crippen molar-refractivity contribution in [1.82, 2.24) is 9.88 Å². The minimum atomic E-state index is -4.32. The van der Waals surface area contributed by atoms with Crippen LogP contribution >= 0.6 is 0 Å². The maximum Gasteiger partial charge on any atom is 0.416 e. The number of anilines is 1. The molecule has 20 heavy (non-hydrogen) atoms. The highest BCUT2D eigenvalue weighted by atomic mass is 19.4. The molecule has 0 bridgehead atoms. The van der Waals surface area contributed by atoms with Crippen LogP contribution in [0.15, 0.2) is 18.3 Å². The zero-order valence-corrected chi connectivity index (χ0v) is 11.6. The quantitative estimate of drug-likeness (QED) is 0.920. The van der Waals surface area contributed by atoms with Crippen LogP contribution in [0.2, 0.25) is 0 Å². The summed E-state index contributed by atoms with van der Waals surface area (Å²) in [6, 6.07) is 2.34. The number of hydrogen-bond donors (Lipinski definition) is 1. The summed E-state index contributed by atoms with van der Waals surface area (Å²) in [6.45, 7) is 4.83. The third-order valence-corrected chi connectivity index (χ3v) is 3.68. The fourth-order valence-electron chi connectivity index (χ4n) is 2.44. The number of nitrogens with one attached hydrogen (secondary N) is 1. The van der Waals surface area contributed by atoms with E-state index in [2.05, 4.69) is 22.1 Å². The standard InChI is InChI=1S/C14H20F3N3/c1-11(20-7-3-2-4-8-20)10-19-13-9-12(5-6-18-13)14(15,16)17/h5-6,9,11H,2-4,7-8,10H2,1H3,(H,18,19). The smallest absolute Gasteiger partial charge is 0.369 e. The van der Waals surface area contributed by atoms with Crippen molar-refractivity contribution < 1.29 is 13.2 Å². The summed E-state index contributed by atoms with van der Waals surface area (Å²) in [5, 5.41) is 3.00. The molecule has 1 saturated heterocycles. The zero-order chi connectivity index (χ0) is 14.6. The maximum absolute atomic E-state index is 12.6. The Morgan fingerprint density at radius 1 is 1.30 bits per heavy atom. The van der Waals surface area contributed by atoms with Crippen molar-refractivity contribution in [2.45, 2.75) is 38.4 Å². The van der Waals surface area contributed by atoms with Crippen molar-refractivity contribution in [3.05, 3.63) is 23.9 Å². The maximum atomic E-state index is 12.6. The van der Waals surface area contributed by atoms with Gasteiger partial charge in [-0.05, 0) is 45.0 Å². The molecule has 1 aromatic rings. The normalized spacial score (nSPS) is 18.8. The molecule has 0 aliphatic carbocycles. The average molecular weight is 287 g/mol. The molecular weight excluding hydrogens is 267 g/mol. The van der Waals surface area contributed by atoms with Crippen molar-refractivity contribution in [3.63, 3.8) is 0 Å². The van der Waals surface area contributed by atoms with Gasteiger partial charge in [0.1, 0.15) is 5.82 Å².